The number of ketones is 2. The average molecular weight is 317 g/mol. The molecule has 2 aliphatic rings. The number of allylic oxidation sites excluding steroid dienone is 1. The van der Waals surface area contributed by atoms with Crippen molar-refractivity contribution in [2.45, 2.75) is 19.8 Å². The SMILES string of the molecule is Cc1cc(C=C2C(=O)c3ccccc3C2=O)ccc1N1CCCC1. The van der Waals surface area contributed by atoms with Gasteiger partial charge < -0.3 is 4.90 Å². The number of hydrogen-bond donors (Lipinski definition) is 0. The normalized spacial score (nSPS) is 16.7. The molecule has 1 fully saturated rings. The molecule has 0 amide bonds. The van der Waals surface area contributed by atoms with Crippen LogP contribution in [0.1, 0.15) is 44.7 Å². The van der Waals surface area contributed by atoms with E-state index in [-0.39, 0.29) is 17.1 Å². The minimum absolute atomic E-state index is 0.170. The molecule has 1 heterocycles. The molecule has 4 rings (SSSR count). The summed E-state index contributed by atoms with van der Waals surface area (Å²) in [5.74, 6) is -0.339. The van der Waals surface area contributed by atoms with E-state index in [1.54, 1.807) is 30.3 Å². The topological polar surface area (TPSA) is 37.4 Å². The summed E-state index contributed by atoms with van der Waals surface area (Å²) >= 11 is 0. The van der Waals surface area contributed by atoms with Crippen molar-refractivity contribution in [2.24, 2.45) is 0 Å². The highest BCUT2D eigenvalue weighted by Crippen LogP contribution is 2.29. The summed E-state index contributed by atoms with van der Waals surface area (Å²) in [6.45, 7) is 4.30. The van der Waals surface area contributed by atoms with Crippen LogP contribution in [0.3, 0.4) is 0 Å². The fraction of sp³-hybridized carbons (Fsp3) is 0.238. The van der Waals surface area contributed by atoms with E-state index < -0.39 is 0 Å². The number of nitrogens with zero attached hydrogens (tertiary/aromatic N) is 1. The lowest BCUT2D eigenvalue weighted by atomic mass is 10.0. The first-order chi connectivity index (χ1) is 11.6. The van der Waals surface area contributed by atoms with Crippen LogP contribution in [0.15, 0.2) is 48.0 Å². The molecule has 1 saturated heterocycles. The summed E-state index contributed by atoms with van der Waals surface area (Å²) in [5.41, 5.74) is 4.63. The molecule has 0 aromatic heterocycles. The van der Waals surface area contributed by atoms with Gasteiger partial charge in [0.05, 0.1) is 5.57 Å². The summed E-state index contributed by atoms with van der Waals surface area (Å²) in [6, 6.07) is 13.2. The zero-order valence-electron chi connectivity index (χ0n) is 13.7. The molecule has 0 saturated carbocycles. The number of anilines is 1. The van der Waals surface area contributed by atoms with Gasteiger partial charge in [-0.15, -0.1) is 0 Å². The minimum atomic E-state index is -0.170. The molecule has 1 aliphatic carbocycles. The van der Waals surface area contributed by atoms with Crippen LogP contribution in [0.2, 0.25) is 0 Å². The second-order valence-corrected chi connectivity index (χ2v) is 6.50. The van der Waals surface area contributed by atoms with E-state index in [1.807, 2.05) is 6.07 Å². The third kappa shape index (κ3) is 2.37. The van der Waals surface area contributed by atoms with E-state index >= 15 is 0 Å². The summed E-state index contributed by atoms with van der Waals surface area (Å²) in [7, 11) is 0. The smallest absolute Gasteiger partial charge is 0.197 e. The molecule has 24 heavy (non-hydrogen) atoms. The highest BCUT2D eigenvalue weighted by atomic mass is 16.2. The Morgan fingerprint density at radius 3 is 2.12 bits per heavy atom. The molecule has 0 radical (unpaired) electrons. The van der Waals surface area contributed by atoms with E-state index in [2.05, 4.69) is 24.0 Å². The quantitative estimate of drug-likeness (QED) is 0.619. The van der Waals surface area contributed by atoms with Crippen LogP contribution in [0.25, 0.3) is 6.08 Å². The molecule has 0 spiro atoms. The van der Waals surface area contributed by atoms with Crippen molar-refractivity contribution in [2.75, 3.05) is 18.0 Å². The Hall–Kier alpha value is -2.68. The summed E-state index contributed by atoms with van der Waals surface area (Å²) in [5, 5.41) is 0. The maximum absolute atomic E-state index is 12.5. The monoisotopic (exact) mass is 317 g/mol. The predicted octanol–water partition coefficient (Wildman–Crippen LogP) is 4.06. The van der Waals surface area contributed by atoms with E-state index in [1.165, 1.54) is 24.1 Å². The first-order valence-corrected chi connectivity index (χ1v) is 8.41. The first kappa shape index (κ1) is 14.9. The molecular formula is C21H19NO2. The van der Waals surface area contributed by atoms with Crippen LogP contribution in [-0.2, 0) is 0 Å². The second-order valence-electron chi connectivity index (χ2n) is 6.50. The molecule has 0 N–H and O–H groups in total. The number of fused-ring (bicyclic) bond motifs is 1. The van der Waals surface area contributed by atoms with Crippen LogP contribution < -0.4 is 4.90 Å². The van der Waals surface area contributed by atoms with Crippen molar-refractivity contribution in [1.29, 1.82) is 0 Å². The van der Waals surface area contributed by atoms with Gasteiger partial charge in [-0.05, 0) is 49.1 Å². The molecule has 0 unspecified atom stereocenters. The standard InChI is InChI=1S/C21H19NO2/c1-14-12-15(8-9-19(14)22-10-4-5-11-22)13-18-20(23)16-6-2-3-7-17(16)21(18)24/h2-3,6-9,12-13H,4-5,10-11H2,1H3. The Balaban J connectivity index is 1.68. The third-order valence-electron chi connectivity index (χ3n) is 4.88. The molecule has 0 atom stereocenters. The average Bonchev–Trinajstić information content (AvgIpc) is 3.19. The Morgan fingerprint density at radius 2 is 1.54 bits per heavy atom. The number of carbonyl (C=O) groups is 2. The van der Waals surface area contributed by atoms with E-state index in [0.29, 0.717) is 11.1 Å². The van der Waals surface area contributed by atoms with E-state index in [0.717, 1.165) is 18.7 Å². The van der Waals surface area contributed by atoms with Crippen LogP contribution in [0.5, 0.6) is 0 Å². The van der Waals surface area contributed by atoms with Gasteiger partial charge in [0.1, 0.15) is 0 Å². The largest absolute Gasteiger partial charge is 0.371 e. The molecule has 2 aromatic rings. The van der Waals surface area contributed by atoms with Gasteiger partial charge in [0.2, 0.25) is 0 Å². The second kappa shape index (κ2) is 5.75. The highest BCUT2D eigenvalue weighted by molar-refractivity contribution is 6.41. The third-order valence-corrected chi connectivity index (χ3v) is 4.88. The molecule has 0 bridgehead atoms. The van der Waals surface area contributed by atoms with Crippen LogP contribution in [0.4, 0.5) is 5.69 Å². The predicted molar refractivity (Wildman–Crippen MR) is 95.7 cm³/mol. The van der Waals surface area contributed by atoms with E-state index in [9.17, 15) is 9.59 Å². The molecular weight excluding hydrogens is 298 g/mol. The zero-order chi connectivity index (χ0) is 16.7. The molecule has 3 heteroatoms. The fourth-order valence-corrected chi connectivity index (χ4v) is 3.65. The zero-order valence-corrected chi connectivity index (χ0v) is 13.7. The number of benzene rings is 2. The van der Waals surface area contributed by atoms with Crippen molar-refractivity contribution >= 4 is 23.3 Å². The van der Waals surface area contributed by atoms with Gasteiger partial charge in [-0.25, -0.2) is 0 Å². The van der Waals surface area contributed by atoms with Gasteiger partial charge in [0.25, 0.3) is 0 Å². The Labute approximate surface area is 141 Å². The first-order valence-electron chi connectivity index (χ1n) is 8.41. The van der Waals surface area contributed by atoms with Crippen molar-refractivity contribution < 1.29 is 9.59 Å². The summed E-state index contributed by atoms with van der Waals surface area (Å²) < 4.78 is 0. The number of hydrogen-bond acceptors (Lipinski definition) is 3. The number of carbonyl (C=O) groups excluding carboxylic acids is 2. The molecule has 1 aliphatic heterocycles. The highest BCUT2D eigenvalue weighted by Gasteiger charge is 2.32. The maximum Gasteiger partial charge on any atom is 0.197 e. The van der Waals surface area contributed by atoms with Crippen LogP contribution in [-0.4, -0.2) is 24.7 Å². The number of Topliss-reactive ketones (excluding diaryl/α,β-unsaturated/α-hetero) is 2. The van der Waals surface area contributed by atoms with Crippen molar-refractivity contribution in [3.8, 4) is 0 Å². The van der Waals surface area contributed by atoms with Crippen molar-refractivity contribution in [3.63, 3.8) is 0 Å². The number of aryl methyl sites for hydroxylation is 1. The Bertz CT molecular complexity index is 836. The Kier molecular flexibility index (Phi) is 3.57. The molecule has 120 valence electrons. The Morgan fingerprint density at radius 1 is 0.917 bits per heavy atom. The molecule has 2 aromatic carbocycles. The maximum atomic E-state index is 12.5. The lowest BCUT2D eigenvalue weighted by Crippen LogP contribution is -2.18. The fourth-order valence-electron chi connectivity index (χ4n) is 3.65. The summed E-state index contributed by atoms with van der Waals surface area (Å²) in [6.07, 6.45) is 4.21. The van der Waals surface area contributed by atoms with Gasteiger partial charge in [-0.2, -0.15) is 0 Å². The summed E-state index contributed by atoms with van der Waals surface area (Å²) in [4.78, 5) is 27.3. The van der Waals surface area contributed by atoms with Gasteiger partial charge in [-0.1, -0.05) is 30.3 Å². The van der Waals surface area contributed by atoms with Gasteiger partial charge in [-0.3, -0.25) is 9.59 Å². The van der Waals surface area contributed by atoms with Gasteiger partial charge in [0, 0.05) is 29.9 Å². The van der Waals surface area contributed by atoms with Gasteiger partial charge >= 0.3 is 0 Å². The minimum Gasteiger partial charge on any atom is -0.371 e. The molecule has 3 nitrogen and oxygen atoms in total. The lowest BCUT2D eigenvalue weighted by Gasteiger charge is -2.20. The van der Waals surface area contributed by atoms with Crippen LogP contribution >= 0.6 is 0 Å². The van der Waals surface area contributed by atoms with E-state index in [4.69, 9.17) is 0 Å². The van der Waals surface area contributed by atoms with Crippen LogP contribution in [0, 0.1) is 6.92 Å². The van der Waals surface area contributed by atoms with Crippen molar-refractivity contribution in [1.82, 2.24) is 0 Å². The van der Waals surface area contributed by atoms with Crippen molar-refractivity contribution in [3.05, 3.63) is 70.3 Å². The lowest BCUT2D eigenvalue weighted by molar-refractivity contribution is 0.0990. The van der Waals surface area contributed by atoms with Gasteiger partial charge in [0.15, 0.2) is 11.6 Å². The number of rotatable bonds is 2.